The van der Waals surface area contributed by atoms with E-state index >= 15 is 0 Å². The molecule has 0 aliphatic carbocycles. The Bertz CT molecular complexity index is 394. The van der Waals surface area contributed by atoms with Gasteiger partial charge < -0.3 is 10.7 Å². The average molecular weight is 161 g/mol. The molecule has 2 rings (SSSR count). The molecule has 3 nitrogen and oxygen atoms in total. The summed E-state index contributed by atoms with van der Waals surface area (Å²) in [5.74, 6) is 5.38. The highest BCUT2D eigenvalue weighted by Gasteiger charge is 1.99. The molecule has 0 atom stereocenters. The number of nitrogens with two attached hydrogens (primary N) is 1. The van der Waals surface area contributed by atoms with Gasteiger partial charge in [0.15, 0.2) is 0 Å². The fourth-order valence-corrected chi connectivity index (χ4v) is 1.38. The van der Waals surface area contributed by atoms with Crippen molar-refractivity contribution in [2.24, 2.45) is 5.84 Å². The van der Waals surface area contributed by atoms with Gasteiger partial charge in [-0.05, 0) is 5.22 Å². The lowest BCUT2D eigenvalue weighted by Gasteiger charge is -2.11. The molecule has 62 valence electrons. The number of hydrogen-bond acceptors (Lipinski definition) is 3. The predicted molar refractivity (Wildman–Crippen MR) is 48.9 cm³/mol. The third kappa shape index (κ3) is 1.04. The molecule has 0 bridgehead atoms. The van der Waals surface area contributed by atoms with E-state index in [1.807, 2.05) is 18.3 Å². The topological polar surface area (TPSA) is 50.1 Å². The van der Waals surface area contributed by atoms with Crippen LogP contribution in [-0.4, -0.2) is 6.54 Å². The Morgan fingerprint density at radius 2 is 2.17 bits per heavy atom. The molecule has 0 spiro atoms. The number of nitrogens with one attached hydrogen (secondary N) is 2. The number of fused-ring (bicyclic) bond motifs is 1. The van der Waals surface area contributed by atoms with Crippen LogP contribution in [0.2, 0.25) is 0 Å². The summed E-state index contributed by atoms with van der Waals surface area (Å²) < 4.78 is 0. The highest BCUT2D eigenvalue weighted by molar-refractivity contribution is 5.49. The Morgan fingerprint density at radius 3 is 3.00 bits per heavy atom. The van der Waals surface area contributed by atoms with Gasteiger partial charge in [-0.15, -0.1) is 0 Å². The molecule has 12 heavy (non-hydrogen) atoms. The van der Waals surface area contributed by atoms with E-state index in [9.17, 15) is 0 Å². The summed E-state index contributed by atoms with van der Waals surface area (Å²) >= 11 is 0. The van der Waals surface area contributed by atoms with Crippen molar-refractivity contribution in [1.82, 2.24) is 10.7 Å². The fourth-order valence-electron chi connectivity index (χ4n) is 1.38. The first-order chi connectivity index (χ1) is 5.92. The van der Waals surface area contributed by atoms with Crippen LogP contribution in [0.3, 0.4) is 0 Å². The zero-order valence-electron chi connectivity index (χ0n) is 6.67. The summed E-state index contributed by atoms with van der Waals surface area (Å²) in [6.45, 7) is 0.771. The molecule has 1 aliphatic rings. The monoisotopic (exact) mass is 161 g/mol. The van der Waals surface area contributed by atoms with Crippen molar-refractivity contribution in [3.63, 3.8) is 0 Å². The van der Waals surface area contributed by atoms with Crippen LogP contribution in [0.4, 0.5) is 0 Å². The standard InChI is InChI=1S/C9H11N3/c10-12-9-6-11-5-7-3-1-2-4-8(7)9/h1-5,11-12H,6,10H2. The van der Waals surface area contributed by atoms with Gasteiger partial charge in [0.2, 0.25) is 0 Å². The molecule has 0 radical (unpaired) electrons. The Morgan fingerprint density at radius 1 is 1.33 bits per heavy atom. The molecule has 0 fully saturated rings. The van der Waals surface area contributed by atoms with Crippen molar-refractivity contribution in [1.29, 1.82) is 0 Å². The summed E-state index contributed by atoms with van der Waals surface area (Å²) in [5, 5.41) is 5.49. The van der Waals surface area contributed by atoms with Crippen LogP contribution in [0.15, 0.2) is 24.3 Å². The number of rotatable bonds is 1. The van der Waals surface area contributed by atoms with Crippen LogP contribution in [-0.2, 0) is 0 Å². The van der Waals surface area contributed by atoms with Crippen LogP contribution in [0.1, 0.15) is 0 Å². The normalized spacial score (nSPS) is 14.2. The van der Waals surface area contributed by atoms with E-state index in [1.54, 1.807) is 0 Å². The third-order valence-electron chi connectivity index (χ3n) is 2.00. The van der Waals surface area contributed by atoms with Gasteiger partial charge in [0.05, 0.1) is 12.2 Å². The molecule has 1 aromatic rings. The minimum atomic E-state index is 0.771. The van der Waals surface area contributed by atoms with E-state index in [-0.39, 0.29) is 0 Å². The van der Waals surface area contributed by atoms with E-state index in [0.29, 0.717) is 0 Å². The van der Waals surface area contributed by atoms with Gasteiger partial charge >= 0.3 is 0 Å². The molecule has 0 aromatic heterocycles. The Balaban J connectivity index is 2.78. The van der Waals surface area contributed by atoms with Crippen LogP contribution < -0.4 is 27.0 Å². The van der Waals surface area contributed by atoms with Crippen molar-refractivity contribution in [3.8, 4) is 0 Å². The molecule has 0 unspecified atom stereocenters. The van der Waals surface area contributed by atoms with Gasteiger partial charge in [-0.3, -0.25) is 5.84 Å². The van der Waals surface area contributed by atoms with Gasteiger partial charge in [0, 0.05) is 11.4 Å². The Kier molecular flexibility index (Phi) is 1.72. The van der Waals surface area contributed by atoms with Crippen molar-refractivity contribution >= 4 is 11.9 Å². The SMILES string of the molecule is NNC1=c2ccccc2=CNC1. The first-order valence-electron chi connectivity index (χ1n) is 3.90. The summed E-state index contributed by atoms with van der Waals surface area (Å²) in [6, 6.07) is 8.13. The lowest BCUT2D eigenvalue weighted by Crippen LogP contribution is -2.42. The van der Waals surface area contributed by atoms with Crippen LogP contribution in [0.25, 0.3) is 11.9 Å². The van der Waals surface area contributed by atoms with Crippen LogP contribution in [0.5, 0.6) is 0 Å². The largest absolute Gasteiger partial charge is 0.385 e. The van der Waals surface area contributed by atoms with Crippen molar-refractivity contribution in [3.05, 3.63) is 34.7 Å². The average Bonchev–Trinajstić information content (AvgIpc) is 2.17. The smallest absolute Gasteiger partial charge is 0.0562 e. The van der Waals surface area contributed by atoms with Crippen LogP contribution >= 0.6 is 0 Å². The van der Waals surface area contributed by atoms with E-state index in [1.165, 1.54) is 10.4 Å². The minimum absolute atomic E-state index is 0.771. The molecule has 4 N–H and O–H groups in total. The second kappa shape index (κ2) is 2.87. The van der Waals surface area contributed by atoms with Gasteiger partial charge in [0.1, 0.15) is 0 Å². The zero-order chi connectivity index (χ0) is 8.39. The quantitative estimate of drug-likeness (QED) is 0.351. The summed E-state index contributed by atoms with van der Waals surface area (Å²) in [4.78, 5) is 0. The van der Waals surface area contributed by atoms with Crippen molar-refractivity contribution < 1.29 is 0 Å². The summed E-state index contributed by atoms with van der Waals surface area (Å²) in [5.41, 5.74) is 3.73. The predicted octanol–water partition coefficient (Wildman–Crippen LogP) is -1.40. The first-order valence-corrected chi connectivity index (χ1v) is 3.90. The van der Waals surface area contributed by atoms with Gasteiger partial charge in [-0.1, -0.05) is 24.3 Å². The third-order valence-corrected chi connectivity index (χ3v) is 2.00. The van der Waals surface area contributed by atoms with Gasteiger partial charge in [-0.25, -0.2) is 0 Å². The first kappa shape index (κ1) is 7.18. The molecular weight excluding hydrogens is 150 g/mol. The Labute approximate surface area is 70.6 Å². The maximum absolute atomic E-state index is 5.38. The molecular formula is C9H11N3. The highest BCUT2D eigenvalue weighted by Crippen LogP contribution is 1.84. The fraction of sp³-hybridized carbons (Fsp3) is 0.111. The van der Waals surface area contributed by atoms with Crippen molar-refractivity contribution in [2.75, 3.05) is 6.54 Å². The number of hydrogen-bond donors (Lipinski definition) is 3. The summed E-state index contributed by atoms with van der Waals surface area (Å²) in [7, 11) is 0. The molecule has 1 heterocycles. The zero-order valence-corrected chi connectivity index (χ0v) is 6.67. The number of benzene rings is 1. The maximum atomic E-state index is 5.38. The van der Waals surface area contributed by atoms with Crippen molar-refractivity contribution in [2.45, 2.75) is 0 Å². The van der Waals surface area contributed by atoms with E-state index in [4.69, 9.17) is 5.84 Å². The molecule has 0 amide bonds. The lowest BCUT2D eigenvalue weighted by molar-refractivity contribution is 0.886. The van der Waals surface area contributed by atoms with Gasteiger partial charge in [-0.2, -0.15) is 0 Å². The van der Waals surface area contributed by atoms with Crippen LogP contribution in [0, 0.1) is 0 Å². The minimum Gasteiger partial charge on any atom is -0.385 e. The second-order valence-corrected chi connectivity index (χ2v) is 2.74. The van der Waals surface area contributed by atoms with E-state index in [0.717, 1.165) is 12.2 Å². The second-order valence-electron chi connectivity index (χ2n) is 2.74. The highest BCUT2D eigenvalue weighted by atomic mass is 15.2. The molecule has 0 saturated carbocycles. The van der Waals surface area contributed by atoms with E-state index in [2.05, 4.69) is 22.9 Å². The Hall–Kier alpha value is -1.48. The molecule has 0 saturated heterocycles. The molecule has 3 heteroatoms. The number of hydrazine groups is 1. The summed E-state index contributed by atoms with van der Waals surface area (Å²) in [6.07, 6.45) is 2.00. The molecule has 1 aromatic carbocycles. The maximum Gasteiger partial charge on any atom is 0.0562 e. The van der Waals surface area contributed by atoms with Gasteiger partial charge in [0.25, 0.3) is 0 Å². The van der Waals surface area contributed by atoms with E-state index < -0.39 is 0 Å². The molecule has 1 aliphatic heterocycles. The lowest BCUT2D eigenvalue weighted by atomic mass is 10.2.